The molecular weight excluding hydrogens is 254 g/mol. The highest BCUT2D eigenvalue weighted by atomic mass is 16.6. The predicted molar refractivity (Wildman–Crippen MR) is 77.5 cm³/mol. The number of benzene rings is 1. The highest BCUT2D eigenvalue weighted by Crippen LogP contribution is 2.31. The summed E-state index contributed by atoms with van der Waals surface area (Å²) in [5.41, 5.74) is 0.952. The maximum atomic E-state index is 11.1. The molecule has 0 amide bonds. The summed E-state index contributed by atoms with van der Waals surface area (Å²) in [5, 5.41) is 23.3. The third kappa shape index (κ3) is 3.27. The number of nitro benzene ring substituents is 1. The van der Waals surface area contributed by atoms with Gasteiger partial charge in [-0.15, -0.1) is 0 Å². The number of nitro groups is 1. The number of hydrogen-bond acceptors (Lipinski definition) is 4. The molecule has 1 fully saturated rings. The molecule has 1 saturated carbocycles. The summed E-state index contributed by atoms with van der Waals surface area (Å²) in [6, 6.07) is 6.74. The first-order valence-corrected chi connectivity index (χ1v) is 7.07. The highest BCUT2D eigenvalue weighted by molar-refractivity contribution is 5.64. The molecular formula is C15H19N3O2. The Balaban J connectivity index is 2.26. The van der Waals surface area contributed by atoms with E-state index in [9.17, 15) is 10.1 Å². The standard InChI is InChI=1S/C15H19N3O2/c1-11-5-3-2-4-6-13(11)17-14-9-12(10-16)7-8-15(14)18(19)20/h7-9,11,13,17H,2-6H2,1H3. The number of anilines is 1. The Hall–Kier alpha value is -2.09. The minimum atomic E-state index is -0.398. The number of nitrogens with zero attached hydrogens (tertiary/aromatic N) is 2. The first-order valence-electron chi connectivity index (χ1n) is 7.07. The Morgan fingerprint density at radius 2 is 2.10 bits per heavy atom. The van der Waals surface area contributed by atoms with Crippen LogP contribution in [0.25, 0.3) is 0 Å². The highest BCUT2D eigenvalue weighted by Gasteiger charge is 2.23. The van der Waals surface area contributed by atoms with Gasteiger partial charge in [0.1, 0.15) is 5.69 Å². The van der Waals surface area contributed by atoms with Crippen LogP contribution >= 0.6 is 0 Å². The van der Waals surface area contributed by atoms with Crippen molar-refractivity contribution in [2.24, 2.45) is 5.92 Å². The summed E-state index contributed by atoms with van der Waals surface area (Å²) < 4.78 is 0. The third-order valence-electron chi connectivity index (χ3n) is 4.02. The van der Waals surface area contributed by atoms with Crippen LogP contribution in [0.15, 0.2) is 18.2 Å². The van der Waals surface area contributed by atoms with Gasteiger partial charge in [0.25, 0.3) is 5.69 Å². The largest absolute Gasteiger partial charge is 0.376 e. The lowest BCUT2D eigenvalue weighted by Crippen LogP contribution is -2.26. The molecule has 0 bridgehead atoms. The fraction of sp³-hybridized carbons (Fsp3) is 0.533. The van der Waals surface area contributed by atoms with Crippen LogP contribution in [0.2, 0.25) is 0 Å². The molecule has 1 aliphatic rings. The summed E-state index contributed by atoms with van der Waals surface area (Å²) in [6.45, 7) is 2.18. The zero-order valence-electron chi connectivity index (χ0n) is 11.6. The number of nitriles is 1. The van der Waals surface area contributed by atoms with Crippen molar-refractivity contribution in [1.82, 2.24) is 0 Å². The maximum absolute atomic E-state index is 11.1. The zero-order chi connectivity index (χ0) is 14.5. The van der Waals surface area contributed by atoms with Gasteiger partial charge >= 0.3 is 0 Å². The van der Waals surface area contributed by atoms with E-state index in [4.69, 9.17) is 5.26 Å². The lowest BCUT2D eigenvalue weighted by atomic mass is 9.96. The van der Waals surface area contributed by atoms with Crippen molar-refractivity contribution >= 4 is 11.4 Å². The summed E-state index contributed by atoms with van der Waals surface area (Å²) in [4.78, 5) is 10.7. The van der Waals surface area contributed by atoms with Crippen molar-refractivity contribution in [1.29, 1.82) is 5.26 Å². The molecule has 0 aliphatic heterocycles. The van der Waals surface area contributed by atoms with E-state index in [1.54, 1.807) is 6.07 Å². The lowest BCUT2D eigenvalue weighted by molar-refractivity contribution is -0.384. The van der Waals surface area contributed by atoms with Crippen LogP contribution in [-0.2, 0) is 0 Å². The van der Waals surface area contributed by atoms with Crippen LogP contribution in [0.5, 0.6) is 0 Å². The molecule has 5 nitrogen and oxygen atoms in total. The molecule has 0 radical (unpaired) electrons. The van der Waals surface area contributed by atoms with Gasteiger partial charge in [0, 0.05) is 12.1 Å². The molecule has 20 heavy (non-hydrogen) atoms. The molecule has 5 heteroatoms. The first kappa shape index (κ1) is 14.3. The van der Waals surface area contributed by atoms with Gasteiger partial charge in [-0.25, -0.2) is 0 Å². The summed E-state index contributed by atoms with van der Waals surface area (Å²) in [6.07, 6.45) is 5.76. The van der Waals surface area contributed by atoms with E-state index in [0.29, 0.717) is 17.2 Å². The number of rotatable bonds is 3. The van der Waals surface area contributed by atoms with Crippen molar-refractivity contribution in [3.05, 3.63) is 33.9 Å². The minimum Gasteiger partial charge on any atom is -0.376 e. The van der Waals surface area contributed by atoms with Crippen LogP contribution < -0.4 is 5.32 Å². The average Bonchev–Trinajstić information content (AvgIpc) is 2.64. The molecule has 1 aromatic carbocycles. The zero-order valence-corrected chi connectivity index (χ0v) is 11.6. The Kier molecular flexibility index (Phi) is 4.57. The molecule has 2 atom stereocenters. The molecule has 0 heterocycles. The molecule has 2 unspecified atom stereocenters. The normalized spacial score (nSPS) is 22.6. The fourth-order valence-electron chi connectivity index (χ4n) is 2.79. The Bertz CT molecular complexity index is 536. The average molecular weight is 273 g/mol. The van der Waals surface area contributed by atoms with E-state index in [1.807, 2.05) is 6.07 Å². The molecule has 0 spiro atoms. The quantitative estimate of drug-likeness (QED) is 0.515. The van der Waals surface area contributed by atoms with Gasteiger partial charge in [-0.3, -0.25) is 10.1 Å². The Morgan fingerprint density at radius 3 is 2.80 bits per heavy atom. The van der Waals surface area contributed by atoms with Gasteiger partial charge in [0.05, 0.1) is 16.6 Å². The van der Waals surface area contributed by atoms with E-state index < -0.39 is 4.92 Å². The molecule has 0 aromatic heterocycles. The Morgan fingerprint density at radius 1 is 1.35 bits per heavy atom. The number of hydrogen-bond donors (Lipinski definition) is 1. The minimum absolute atomic E-state index is 0.0421. The van der Waals surface area contributed by atoms with E-state index in [1.165, 1.54) is 25.0 Å². The predicted octanol–water partition coefficient (Wildman–Crippen LogP) is 3.85. The van der Waals surface area contributed by atoms with E-state index in [-0.39, 0.29) is 11.7 Å². The third-order valence-corrected chi connectivity index (χ3v) is 4.02. The fourth-order valence-corrected chi connectivity index (χ4v) is 2.79. The summed E-state index contributed by atoms with van der Waals surface area (Å²) in [5.74, 6) is 0.489. The van der Waals surface area contributed by atoms with Crippen LogP contribution in [0.4, 0.5) is 11.4 Å². The maximum Gasteiger partial charge on any atom is 0.292 e. The van der Waals surface area contributed by atoms with Crippen LogP contribution in [0.1, 0.15) is 44.6 Å². The SMILES string of the molecule is CC1CCCCCC1Nc1cc(C#N)ccc1[N+](=O)[O-]. The van der Waals surface area contributed by atoms with E-state index in [2.05, 4.69) is 12.2 Å². The van der Waals surface area contributed by atoms with E-state index >= 15 is 0 Å². The van der Waals surface area contributed by atoms with Crippen molar-refractivity contribution in [3.8, 4) is 6.07 Å². The monoisotopic (exact) mass is 273 g/mol. The van der Waals surface area contributed by atoms with Crippen LogP contribution in [0, 0.1) is 27.4 Å². The van der Waals surface area contributed by atoms with Crippen molar-refractivity contribution in [3.63, 3.8) is 0 Å². The van der Waals surface area contributed by atoms with Crippen molar-refractivity contribution in [2.75, 3.05) is 5.32 Å². The van der Waals surface area contributed by atoms with Crippen molar-refractivity contribution < 1.29 is 4.92 Å². The van der Waals surface area contributed by atoms with Crippen LogP contribution in [0.3, 0.4) is 0 Å². The molecule has 2 rings (SSSR count). The van der Waals surface area contributed by atoms with E-state index in [0.717, 1.165) is 19.3 Å². The summed E-state index contributed by atoms with van der Waals surface area (Å²) >= 11 is 0. The lowest BCUT2D eigenvalue weighted by Gasteiger charge is -2.23. The molecule has 1 N–H and O–H groups in total. The van der Waals surface area contributed by atoms with Gasteiger partial charge in [0.2, 0.25) is 0 Å². The molecule has 1 aliphatic carbocycles. The van der Waals surface area contributed by atoms with Crippen LogP contribution in [-0.4, -0.2) is 11.0 Å². The Labute approximate surface area is 118 Å². The second-order valence-electron chi connectivity index (χ2n) is 5.47. The number of nitrogens with one attached hydrogen (secondary N) is 1. The molecule has 0 saturated heterocycles. The second kappa shape index (κ2) is 6.38. The second-order valence-corrected chi connectivity index (χ2v) is 5.47. The smallest absolute Gasteiger partial charge is 0.292 e. The topological polar surface area (TPSA) is 79.0 Å². The molecule has 1 aromatic rings. The molecule has 106 valence electrons. The van der Waals surface area contributed by atoms with Gasteiger partial charge in [-0.05, 0) is 30.9 Å². The van der Waals surface area contributed by atoms with Crippen molar-refractivity contribution in [2.45, 2.75) is 45.1 Å². The van der Waals surface area contributed by atoms with Gasteiger partial charge < -0.3 is 5.32 Å². The first-order chi connectivity index (χ1) is 9.61. The van der Waals surface area contributed by atoms with Gasteiger partial charge in [-0.1, -0.05) is 26.2 Å². The van der Waals surface area contributed by atoms with Gasteiger partial charge in [-0.2, -0.15) is 5.26 Å². The summed E-state index contributed by atoms with van der Waals surface area (Å²) in [7, 11) is 0. The van der Waals surface area contributed by atoms with Gasteiger partial charge in [0.15, 0.2) is 0 Å².